The van der Waals surface area contributed by atoms with E-state index < -0.39 is 41.4 Å². The van der Waals surface area contributed by atoms with Crippen molar-refractivity contribution < 1.29 is 34.5 Å². The molecule has 0 aromatic carbocycles. The second-order valence-corrected chi connectivity index (χ2v) is 9.34. The number of aliphatic hydroxyl groups is 1. The summed E-state index contributed by atoms with van der Waals surface area (Å²) in [5.74, 6) is -1.59. The third-order valence-corrected chi connectivity index (χ3v) is 7.56. The molecule has 28 heavy (non-hydrogen) atoms. The van der Waals surface area contributed by atoms with Crippen molar-refractivity contribution >= 4 is 47.3 Å². The summed E-state index contributed by atoms with van der Waals surface area (Å²) in [6.07, 6.45) is -2.11. The number of ether oxygens (including phenoxy) is 1. The first-order valence-corrected chi connectivity index (χ1v) is 10.2. The van der Waals surface area contributed by atoms with Crippen molar-refractivity contribution in [1.29, 1.82) is 5.41 Å². The molecule has 0 saturated carbocycles. The van der Waals surface area contributed by atoms with Gasteiger partial charge in [-0.15, -0.1) is 11.8 Å². The zero-order valence-electron chi connectivity index (χ0n) is 15.0. The third-order valence-electron chi connectivity index (χ3n) is 4.79. The molecule has 2 amide bonds. The second-order valence-electron chi connectivity index (χ2n) is 6.65. The Labute approximate surface area is 168 Å². The van der Waals surface area contributed by atoms with Crippen molar-refractivity contribution in [3.05, 3.63) is 10.1 Å². The molecular weight excluding hydrogens is 412 g/mol. The lowest BCUT2D eigenvalue weighted by Gasteiger charge is -2.43. The van der Waals surface area contributed by atoms with E-state index in [0.717, 1.165) is 0 Å². The van der Waals surface area contributed by atoms with E-state index in [1.165, 1.54) is 42.3 Å². The Morgan fingerprint density at radius 3 is 2.68 bits per heavy atom. The summed E-state index contributed by atoms with van der Waals surface area (Å²) in [6.45, 7) is 3.37. The van der Waals surface area contributed by atoms with Crippen LogP contribution in [0.1, 0.15) is 20.3 Å². The summed E-state index contributed by atoms with van der Waals surface area (Å²) in [4.78, 5) is 38.0. The first-order chi connectivity index (χ1) is 13.1. The van der Waals surface area contributed by atoms with Gasteiger partial charge in [-0.3, -0.25) is 25.1 Å². The number of aliphatic hydroxyl groups excluding tert-OH is 1. The average molecular weight is 432 g/mol. The number of carboxylic acid groups (broad SMARTS) is 1. The molecule has 154 valence electrons. The number of β-lactam (4-membered cyclic amide) rings is 1. The molecule has 2 unspecified atom stereocenters. The van der Waals surface area contributed by atoms with Gasteiger partial charge in [0.15, 0.2) is 0 Å². The van der Waals surface area contributed by atoms with Crippen LogP contribution in [-0.4, -0.2) is 78.3 Å². The van der Waals surface area contributed by atoms with Gasteiger partial charge in [-0.1, -0.05) is 11.8 Å². The minimum Gasteiger partial charge on any atom is -0.449 e. The molecule has 0 spiro atoms. The smallest absolute Gasteiger partial charge is 0.449 e. The standard InChI is InChI=1S/C15H20N4O7S2/c1-5(20)9-11(22)19-12(26-15(23)24)14(28-13(9)19)27-7-3-8(10(21)17-25)18(4-7)6(2)16/h5,7-9,13,16,20,25H,3-4H2,1-2H3,(H,17,21)(H,23,24)/t5-,7?,8?,9+,13-/m1/s1. The highest BCUT2D eigenvalue weighted by Gasteiger charge is 2.58. The summed E-state index contributed by atoms with van der Waals surface area (Å²) >= 11 is 2.50. The van der Waals surface area contributed by atoms with Gasteiger partial charge in [0.1, 0.15) is 15.7 Å². The zero-order chi connectivity index (χ0) is 20.7. The van der Waals surface area contributed by atoms with Crippen LogP contribution in [0.2, 0.25) is 0 Å². The Hall–Kier alpha value is -1.96. The van der Waals surface area contributed by atoms with Crippen LogP contribution in [0.4, 0.5) is 4.79 Å². The van der Waals surface area contributed by atoms with E-state index in [1.54, 1.807) is 10.4 Å². The number of carbonyl (C=O) groups excluding carboxylic acids is 2. The Morgan fingerprint density at radius 1 is 1.46 bits per heavy atom. The first-order valence-electron chi connectivity index (χ1n) is 8.41. The highest BCUT2D eigenvalue weighted by atomic mass is 32.2. The summed E-state index contributed by atoms with van der Waals surface area (Å²) in [6, 6.07) is -0.722. The van der Waals surface area contributed by atoms with Crippen LogP contribution in [0.5, 0.6) is 0 Å². The van der Waals surface area contributed by atoms with E-state index in [9.17, 15) is 19.5 Å². The fraction of sp³-hybridized carbons (Fsp3) is 0.600. The molecule has 3 aliphatic heterocycles. The number of thioether (sulfide) groups is 2. The predicted octanol–water partition coefficient (Wildman–Crippen LogP) is 0.398. The Bertz CT molecular complexity index is 759. The fourth-order valence-electron chi connectivity index (χ4n) is 3.51. The monoisotopic (exact) mass is 432 g/mol. The van der Waals surface area contributed by atoms with E-state index in [4.69, 9.17) is 20.5 Å². The molecule has 0 radical (unpaired) electrons. The topological polar surface area (TPSA) is 163 Å². The lowest BCUT2D eigenvalue weighted by molar-refractivity contribution is -0.155. The number of amides is 2. The number of hydrogen-bond acceptors (Lipinski definition) is 9. The van der Waals surface area contributed by atoms with Crippen molar-refractivity contribution in [2.45, 2.75) is 43.0 Å². The molecule has 0 bridgehead atoms. The maximum absolute atomic E-state index is 12.3. The number of hydrogen-bond donors (Lipinski definition) is 5. The van der Waals surface area contributed by atoms with Crippen LogP contribution in [0.3, 0.4) is 0 Å². The summed E-state index contributed by atoms with van der Waals surface area (Å²) in [5.41, 5.74) is 1.60. The number of fused-ring (bicyclic) bond motifs is 1. The summed E-state index contributed by atoms with van der Waals surface area (Å²) in [5, 5.41) is 34.9. The zero-order valence-corrected chi connectivity index (χ0v) is 16.6. The molecule has 0 aliphatic carbocycles. The van der Waals surface area contributed by atoms with E-state index >= 15 is 0 Å². The van der Waals surface area contributed by atoms with Crippen molar-refractivity contribution in [2.24, 2.45) is 5.92 Å². The largest absolute Gasteiger partial charge is 0.512 e. The predicted molar refractivity (Wildman–Crippen MR) is 99.4 cm³/mol. The van der Waals surface area contributed by atoms with E-state index in [0.29, 0.717) is 17.2 Å². The van der Waals surface area contributed by atoms with Crippen LogP contribution in [-0.2, 0) is 14.3 Å². The highest BCUT2D eigenvalue weighted by Crippen LogP contribution is 2.55. The molecule has 5 atom stereocenters. The van der Waals surface area contributed by atoms with Gasteiger partial charge in [-0.2, -0.15) is 0 Å². The quantitative estimate of drug-likeness (QED) is 0.103. The van der Waals surface area contributed by atoms with Gasteiger partial charge >= 0.3 is 6.16 Å². The Morgan fingerprint density at radius 2 is 2.14 bits per heavy atom. The second kappa shape index (κ2) is 7.81. The van der Waals surface area contributed by atoms with Gasteiger partial charge in [0.2, 0.25) is 11.8 Å². The van der Waals surface area contributed by atoms with E-state index in [2.05, 4.69) is 0 Å². The summed E-state index contributed by atoms with van der Waals surface area (Å²) < 4.78 is 5.31. The van der Waals surface area contributed by atoms with Gasteiger partial charge in [0.25, 0.3) is 5.91 Å². The SMILES string of the molecule is CC(=N)N1CC(SC2=C(OC(=O)O)N3C(=O)[C@H]([C@@H](C)O)[C@H]3S2)CC1C(=O)NO. The van der Waals surface area contributed by atoms with Crippen molar-refractivity contribution in [3.63, 3.8) is 0 Å². The van der Waals surface area contributed by atoms with Gasteiger partial charge in [0.05, 0.1) is 17.9 Å². The van der Waals surface area contributed by atoms with Gasteiger partial charge < -0.3 is 19.8 Å². The average Bonchev–Trinajstić information content (AvgIpc) is 3.14. The molecular formula is C15H20N4O7S2. The van der Waals surface area contributed by atoms with Crippen molar-refractivity contribution in [3.8, 4) is 0 Å². The number of rotatable bonds is 5. The number of hydroxylamine groups is 1. The minimum absolute atomic E-state index is 0.0809. The number of nitrogens with one attached hydrogen (secondary N) is 2. The molecule has 3 aliphatic rings. The van der Waals surface area contributed by atoms with E-state index in [1.807, 2.05) is 0 Å². The van der Waals surface area contributed by atoms with Crippen LogP contribution < -0.4 is 5.48 Å². The number of amidine groups is 1. The van der Waals surface area contributed by atoms with Gasteiger partial charge in [-0.25, -0.2) is 10.3 Å². The maximum atomic E-state index is 12.3. The van der Waals surface area contributed by atoms with Crippen LogP contribution in [0, 0.1) is 11.3 Å². The van der Waals surface area contributed by atoms with Gasteiger partial charge in [-0.05, 0) is 20.3 Å². The molecule has 2 saturated heterocycles. The molecule has 11 nitrogen and oxygen atoms in total. The summed E-state index contributed by atoms with van der Waals surface area (Å²) in [7, 11) is 0. The molecule has 0 aromatic heterocycles. The molecule has 5 N–H and O–H groups in total. The molecule has 0 aromatic rings. The lowest BCUT2D eigenvalue weighted by Crippen LogP contribution is -2.60. The number of likely N-dealkylation sites (tertiary alicyclic amines) is 1. The van der Waals surface area contributed by atoms with Crippen LogP contribution in [0.25, 0.3) is 0 Å². The lowest BCUT2D eigenvalue weighted by atomic mass is 9.93. The normalized spacial score (nSPS) is 30.1. The van der Waals surface area contributed by atoms with E-state index in [-0.39, 0.29) is 17.0 Å². The van der Waals surface area contributed by atoms with Crippen molar-refractivity contribution in [1.82, 2.24) is 15.3 Å². The molecule has 3 rings (SSSR count). The van der Waals surface area contributed by atoms with Crippen LogP contribution >= 0.6 is 23.5 Å². The third kappa shape index (κ3) is 3.54. The minimum atomic E-state index is -1.55. The number of nitrogens with zero attached hydrogens (tertiary/aromatic N) is 2. The number of carbonyl (C=O) groups is 3. The molecule has 3 heterocycles. The molecule has 2 fully saturated rings. The fourth-order valence-corrected chi connectivity index (χ4v) is 6.75. The van der Waals surface area contributed by atoms with Crippen LogP contribution in [0.15, 0.2) is 10.1 Å². The maximum Gasteiger partial charge on any atom is 0.512 e. The van der Waals surface area contributed by atoms with Crippen molar-refractivity contribution in [2.75, 3.05) is 6.54 Å². The first kappa shape index (κ1) is 20.8. The Kier molecular flexibility index (Phi) is 5.79. The molecule has 13 heteroatoms. The Balaban J connectivity index is 1.79. The van der Waals surface area contributed by atoms with Gasteiger partial charge in [0, 0.05) is 11.8 Å². The highest BCUT2D eigenvalue weighted by molar-refractivity contribution is 8.23.